The number of carbonyl (C=O) groups excluding carboxylic acids is 1. The third kappa shape index (κ3) is 4.28. The molecular formula is C19H26FN5O. The summed E-state index contributed by atoms with van der Waals surface area (Å²) < 4.78 is 15.6. The van der Waals surface area contributed by atoms with E-state index in [-0.39, 0.29) is 23.6 Å². The van der Waals surface area contributed by atoms with Crippen molar-refractivity contribution in [3.63, 3.8) is 0 Å². The van der Waals surface area contributed by atoms with Crippen LogP contribution in [0.1, 0.15) is 22.6 Å². The second-order valence-electron chi connectivity index (χ2n) is 7.20. The molecule has 2 heterocycles. The molecule has 1 amide bonds. The van der Waals surface area contributed by atoms with Crippen molar-refractivity contribution in [1.29, 1.82) is 0 Å². The Labute approximate surface area is 153 Å². The molecule has 3 rings (SSSR count). The molecular weight excluding hydrogens is 333 g/mol. The smallest absolute Gasteiger partial charge is 0.225 e. The van der Waals surface area contributed by atoms with Crippen LogP contribution in [0.5, 0.6) is 0 Å². The minimum Gasteiger partial charge on any atom is -0.352 e. The standard InChI is InChI=1S/C19H26FN5O/c1-24(2)11-14-6-13(4-5-18(14)20)7-22-19(26)17-10-21-9-16(17)15-8-23-25(3)12-15/h4-6,8,12,16-17,21H,7,9-11H2,1-3H3,(H,22,26)/t16-,17+/m1/s1. The number of nitrogens with one attached hydrogen (secondary N) is 2. The summed E-state index contributed by atoms with van der Waals surface area (Å²) in [7, 11) is 5.68. The Hall–Kier alpha value is -2.25. The number of rotatable bonds is 6. The Bertz CT molecular complexity index is 773. The number of aromatic nitrogens is 2. The molecule has 6 nitrogen and oxygen atoms in total. The van der Waals surface area contributed by atoms with Gasteiger partial charge in [-0.25, -0.2) is 4.39 Å². The van der Waals surface area contributed by atoms with Crippen LogP contribution in [0.2, 0.25) is 0 Å². The second kappa shape index (κ2) is 7.97. The molecule has 26 heavy (non-hydrogen) atoms. The van der Waals surface area contributed by atoms with Crippen LogP contribution in [0.15, 0.2) is 30.6 Å². The molecule has 1 aromatic heterocycles. The van der Waals surface area contributed by atoms with E-state index >= 15 is 0 Å². The maximum absolute atomic E-state index is 13.9. The lowest BCUT2D eigenvalue weighted by Gasteiger charge is -2.17. The van der Waals surface area contributed by atoms with E-state index in [1.165, 1.54) is 6.07 Å². The summed E-state index contributed by atoms with van der Waals surface area (Å²) in [5.41, 5.74) is 2.62. The third-order valence-corrected chi connectivity index (χ3v) is 4.77. The quantitative estimate of drug-likeness (QED) is 0.815. The van der Waals surface area contributed by atoms with E-state index in [0.717, 1.165) is 17.7 Å². The van der Waals surface area contributed by atoms with Crippen molar-refractivity contribution in [2.24, 2.45) is 13.0 Å². The van der Waals surface area contributed by atoms with Gasteiger partial charge in [-0.1, -0.05) is 6.07 Å². The first-order valence-electron chi connectivity index (χ1n) is 8.83. The van der Waals surface area contributed by atoms with Crippen LogP contribution in [0, 0.1) is 11.7 Å². The average molecular weight is 359 g/mol. The fourth-order valence-electron chi connectivity index (χ4n) is 3.46. The number of benzene rings is 1. The summed E-state index contributed by atoms with van der Waals surface area (Å²) in [6.45, 7) is 2.35. The predicted octanol–water partition coefficient (Wildman–Crippen LogP) is 1.24. The van der Waals surface area contributed by atoms with Crippen molar-refractivity contribution in [3.05, 3.63) is 53.1 Å². The lowest BCUT2D eigenvalue weighted by atomic mass is 9.90. The molecule has 1 aliphatic rings. The van der Waals surface area contributed by atoms with Crippen molar-refractivity contribution in [3.8, 4) is 0 Å². The van der Waals surface area contributed by atoms with Gasteiger partial charge in [-0.15, -0.1) is 0 Å². The number of aryl methyl sites for hydroxylation is 1. The predicted molar refractivity (Wildman–Crippen MR) is 97.9 cm³/mol. The van der Waals surface area contributed by atoms with Crippen molar-refractivity contribution >= 4 is 5.91 Å². The highest BCUT2D eigenvalue weighted by molar-refractivity contribution is 5.80. The first kappa shape index (κ1) is 18.5. The summed E-state index contributed by atoms with van der Waals surface area (Å²) in [6, 6.07) is 5.01. The van der Waals surface area contributed by atoms with Crippen molar-refractivity contribution < 1.29 is 9.18 Å². The monoisotopic (exact) mass is 359 g/mol. The SMILES string of the molecule is CN(C)Cc1cc(CNC(=O)[C@H]2CNC[C@@H]2c2cnn(C)c2)ccc1F. The average Bonchev–Trinajstić information content (AvgIpc) is 3.23. The molecule has 1 aromatic carbocycles. The van der Waals surface area contributed by atoms with Gasteiger partial charge in [0.05, 0.1) is 12.1 Å². The molecule has 1 aliphatic heterocycles. The topological polar surface area (TPSA) is 62.2 Å². The molecule has 0 saturated carbocycles. The molecule has 0 unspecified atom stereocenters. The van der Waals surface area contributed by atoms with Gasteiger partial charge in [0.2, 0.25) is 5.91 Å². The van der Waals surface area contributed by atoms with Crippen LogP contribution < -0.4 is 10.6 Å². The molecule has 1 fully saturated rings. The number of hydrogen-bond donors (Lipinski definition) is 2. The van der Waals surface area contributed by atoms with Gasteiger partial charge < -0.3 is 15.5 Å². The van der Waals surface area contributed by atoms with E-state index in [2.05, 4.69) is 15.7 Å². The minimum absolute atomic E-state index is 0.0161. The van der Waals surface area contributed by atoms with Gasteiger partial charge in [0, 0.05) is 50.9 Å². The van der Waals surface area contributed by atoms with E-state index in [0.29, 0.717) is 25.2 Å². The zero-order chi connectivity index (χ0) is 18.7. The van der Waals surface area contributed by atoms with Gasteiger partial charge in [0.1, 0.15) is 5.82 Å². The van der Waals surface area contributed by atoms with Crippen LogP contribution >= 0.6 is 0 Å². The van der Waals surface area contributed by atoms with Crippen molar-refractivity contribution in [1.82, 2.24) is 25.3 Å². The van der Waals surface area contributed by atoms with E-state index in [1.54, 1.807) is 10.7 Å². The molecule has 0 aliphatic carbocycles. The summed E-state index contributed by atoms with van der Waals surface area (Å²) in [5.74, 6) is -0.199. The summed E-state index contributed by atoms with van der Waals surface area (Å²) in [6.07, 6.45) is 3.79. The summed E-state index contributed by atoms with van der Waals surface area (Å²) in [5, 5.41) is 10.5. The highest BCUT2D eigenvalue weighted by atomic mass is 19.1. The zero-order valence-corrected chi connectivity index (χ0v) is 15.5. The first-order chi connectivity index (χ1) is 12.4. The summed E-state index contributed by atoms with van der Waals surface area (Å²) >= 11 is 0. The van der Waals surface area contributed by atoms with Crippen LogP contribution in [-0.4, -0.2) is 47.8 Å². The summed E-state index contributed by atoms with van der Waals surface area (Å²) in [4.78, 5) is 14.6. The number of carbonyl (C=O) groups is 1. The minimum atomic E-state index is -0.217. The van der Waals surface area contributed by atoms with Gasteiger partial charge in [-0.3, -0.25) is 9.48 Å². The Morgan fingerprint density at radius 3 is 2.92 bits per heavy atom. The van der Waals surface area contributed by atoms with Gasteiger partial charge >= 0.3 is 0 Å². The Kier molecular flexibility index (Phi) is 5.68. The molecule has 2 atom stereocenters. The van der Waals surface area contributed by atoms with Gasteiger partial charge in [-0.2, -0.15) is 5.10 Å². The van der Waals surface area contributed by atoms with Crippen molar-refractivity contribution in [2.45, 2.75) is 19.0 Å². The highest BCUT2D eigenvalue weighted by Crippen LogP contribution is 2.28. The van der Waals surface area contributed by atoms with E-state index in [9.17, 15) is 9.18 Å². The second-order valence-corrected chi connectivity index (χ2v) is 7.20. The van der Waals surface area contributed by atoms with Gasteiger partial charge in [0.25, 0.3) is 0 Å². The molecule has 0 spiro atoms. The molecule has 0 radical (unpaired) electrons. The molecule has 7 heteroatoms. The molecule has 1 saturated heterocycles. The molecule has 2 N–H and O–H groups in total. The van der Waals surface area contributed by atoms with Crippen LogP contribution in [0.25, 0.3) is 0 Å². The van der Waals surface area contributed by atoms with Gasteiger partial charge in [0.15, 0.2) is 0 Å². The number of nitrogens with zero attached hydrogens (tertiary/aromatic N) is 3. The molecule has 140 valence electrons. The maximum Gasteiger partial charge on any atom is 0.225 e. The first-order valence-corrected chi connectivity index (χ1v) is 8.83. The largest absolute Gasteiger partial charge is 0.352 e. The zero-order valence-electron chi connectivity index (χ0n) is 15.5. The Balaban J connectivity index is 1.63. The fourth-order valence-corrected chi connectivity index (χ4v) is 3.46. The van der Waals surface area contributed by atoms with Gasteiger partial charge in [-0.05, 0) is 37.4 Å². The van der Waals surface area contributed by atoms with E-state index < -0.39 is 0 Å². The van der Waals surface area contributed by atoms with Crippen molar-refractivity contribution in [2.75, 3.05) is 27.2 Å². The highest BCUT2D eigenvalue weighted by Gasteiger charge is 2.34. The molecule has 0 bridgehead atoms. The number of hydrogen-bond acceptors (Lipinski definition) is 4. The number of halogens is 1. The number of amides is 1. The fraction of sp³-hybridized carbons (Fsp3) is 0.474. The van der Waals surface area contributed by atoms with Crippen LogP contribution in [0.4, 0.5) is 4.39 Å². The van der Waals surface area contributed by atoms with Crippen LogP contribution in [0.3, 0.4) is 0 Å². The van der Waals surface area contributed by atoms with E-state index in [4.69, 9.17) is 0 Å². The van der Waals surface area contributed by atoms with E-state index in [1.807, 2.05) is 44.5 Å². The van der Waals surface area contributed by atoms with Crippen LogP contribution in [-0.2, 0) is 24.9 Å². The normalized spacial score (nSPS) is 19.9. The Morgan fingerprint density at radius 1 is 1.42 bits per heavy atom. The Morgan fingerprint density at radius 2 is 2.23 bits per heavy atom. The lowest BCUT2D eigenvalue weighted by molar-refractivity contribution is -0.125. The lowest BCUT2D eigenvalue weighted by Crippen LogP contribution is -2.34. The third-order valence-electron chi connectivity index (χ3n) is 4.77. The molecule has 2 aromatic rings. The maximum atomic E-state index is 13.9.